The Kier molecular flexibility index (Phi) is 3.36. The summed E-state index contributed by atoms with van der Waals surface area (Å²) in [4.78, 5) is 0. The van der Waals surface area contributed by atoms with Gasteiger partial charge in [0.25, 0.3) is 0 Å². The van der Waals surface area contributed by atoms with Crippen molar-refractivity contribution in [2.75, 3.05) is 0 Å². The van der Waals surface area contributed by atoms with Crippen LogP contribution in [0, 0.1) is 0 Å². The van der Waals surface area contributed by atoms with Gasteiger partial charge in [-0.15, -0.1) is 10.2 Å². The van der Waals surface area contributed by atoms with E-state index >= 15 is 0 Å². The number of halogens is 1. The third kappa shape index (κ3) is 2.72. The minimum Gasteiger partial charge on any atom is -0.278 e. The molecule has 0 radical (unpaired) electrons. The fraction of sp³-hybridized carbons (Fsp3) is 0. The van der Waals surface area contributed by atoms with E-state index in [2.05, 4.69) is 30.8 Å². The lowest BCUT2D eigenvalue weighted by atomic mass is 10.1. The highest BCUT2D eigenvalue weighted by molar-refractivity contribution is 6.31. The first kappa shape index (κ1) is 13.7. The lowest BCUT2D eigenvalue weighted by Gasteiger charge is -2.00. The van der Waals surface area contributed by atoms with Gasteiger partial charge in [0.2, 0.25) is 5.82 Å². The molecule has 0 unspecified atom stereocenters. The van der Waals surface area contributed by atoms with Gasteiger partial charge in [0, 0.05) is 16.0 Å². The lowest BCUT2D eigenvalue weighted by Crippen LogP contribution is -1.82. The summed E-state index contributed by atoms with van der Waals surface area (Å²) in [5.41, 5.74) is 3.85. The molecule has 0 saturated heterocycles. The van der Waals surface area contributed by atoms with Crippen molar-refractivity contribution >= 4 is 34.7 Å². The number of tetrazole rings is 1. The van der Waals surface area contributed by atoms with Gasteiger partial charge in [0.15, 0.2) is 0 Å². The van der Waals surface area contributed by atoms with Crippen LogP contribution >= 0.6 is 11.6 Å². The van der Waals surface area contributed by atoms with Crippen molar-refractivity contribution in [1.29, 1.82) is 0 Å². The number of hydrogen-bond acceptors (Lipinski definition) is 4. The van der Waals surface area contributed by atoms with Gasteiger partial charge in [-0.2, -0.15) is 10.3 Å². The van der Waals surface area contributed by atoms with Crippen molar-refractivity contribution in [1.82, 2.24) is 30.8 Å². The van der Waals surface area contributed by atoms with Gasteiger partial charge in [-0.05, 0) is 34.5 Å². The number of H-pyrrole nitrogens is 2. The quantitative estimate of drug-likeness (QED) is 0.565. The van der Waals surface area contributed by atoms with Crippen molar-refractivity contribution in [3.8, 4) is 11.4 Å². The van der Waals surface area contributed by atoms with Crippen molar-refractivity contribution < 1.29 is 0 Å². The van der Waals surface area contributed by atoms with Gasteiger partial charge < -0.3 is 0 Å². The lowest BCUT2D eigenvalue weighted by molar-refractivity contribution is 0.881. The van der Waals surface area contributed by atoms with Crippen LogP contribution < -0.4 is 0 Å². The maximum Gasteiger partial charge on any atom is 0.204 e. The normalized spacial score (nSPS) is 11.5. The average molecular weight is 323 g/mol. The molecule has 6 nitrogen and oxygen atoms in total. The zero-order chi connectivity index (χ0) is 15.6. The second kappa shape index (κ2) is 5.66. The van der Waals surface area contributed by atoms with Crippen LogP contribution in [-0.2, 0) is 0 Å². The number of aromatic nitrogens is 6. The second-order valence-electron chi connectivity index (χ2n) is 5.02. The Labute approximate surface area is 136 Å². The molecular weight excluding hydrogens is 312 g/mol. The number of benzene rings is 2. The van der Waals surface area contributed by atoms with Crippen molar-refractivity contribution in [3.63, 3.8) is 0 Å². The SMILES string of the molecule is Clc1cc(/C=C/c2cccc(-c3nn[nH]n3)c2)c2cn[nH]c2c1. The zero-order valence-corrected chi connectivity index (χ0v) is 12.6. The molecule has 2 aromatic heterocycles. The Balaban J connectivity index is 1.71. The van der Waals surface area contributed by atoms with Crippen molar-refractivity contribution in [3.05, 3.63) is 58.7 Å². The summed E-state index contributed by atoms with van der Waals surface area (Å²) in [5.74, 6) is 0.570. The molecule has 0 aliphatic rings. The maximum atomic E-state index is 6.15. The second-order valence-corrected chi connectivity index (χ2v) is 5.46. The minimum absolute atomic E-state index is 0.570. The molecular formula is C16H11ClN6. The molecule has 0 atom stereocenters. The van der Waals surface area contributed by atoms with Crippen LogP contribution in [0.5, 0.6) is 0 Å². The fourth-order valence-corrected chi connectivity index (χ4v) is 2.66. The Hall–Kier alpha value is -2.99. The first-order chi connectivity index (χ1) is 11.3. The van der Waals surface area contributed by atoms with E-state index in [1.165, 1.54) is 0 Å². The molecule has 2 heterocycles. The molecule has 112 valence electrons. The highest BCUT2D eigenvalue weighted by Crippen LogP contribution is 2.24. The largest absolute Gasteiger partial charge is 0.278 e. The van der Waals surface area contributed by atoms with E-state index in [0.29, 0.717) is 10.8 Å². The summed E-state index contributed by atoms with van der Waals surface area (Å²) in [6.07, 6.45) is 5.82. The highest BCUT2D eigenvalue weighted by Gasteiger charge is 2.04. The van der Waals surface area contributed by atoms with E-state index in [-0.39, 0.29) is 0 Å². The van der Waals surface area contributed by atoms with Gasteiger partial charge in [-0.25, -0.2) is 0 Å². The molecule has 2 N–H and O–H groups in total. The number of nitrogens with one attached hydrogen (secondary N) is 2. The van der Waals surface area contributed by atoms with Crippen molar-refractivity contribution in [2.24, 2.45) is 0 Å². The van der Waals surface area contributed by atoms with Gasteiger partial charge in [-0.3, -0.25) is 5.10 Å². The Morgan fingerprint density at radius 1 is 1.09 bits per heavy atom. The van der Waals surface area contributed by atoms with Crippen LogP contribution in [0.1, 0.15) is 11.1 Å². The average Bonchev–Trinajstić information content (AvgIpc) is 3.24. The standard InChI is InChI=1S/C16H11ClN6/c17-13-7-11(14-9-18-19-15(14)8-13)5-4-10-2-1-3-12(6-10)16-20-22-23-21-16/h1-9H,(H,18,19)(H,20,21,22,23)/b5-4+. The van der Waals surface area contributed by atoms with E-state index in [9.17, 15) is 0 Å². The van der Waals surface area contributed by atoms with Gasteiger partial charge in [0.05, 0.1) is 11.7 Å². The van der Waals surface area contributed by atoms with Crippen LogP contribution in [0.3, 0.4) is 0 Å². The summed E-state index contributed by atoms with van der Waals surface area (Å²) in [7, 11) is 0. The first-order valence-electron chi connectivity index (χ1n) is 6.94. The number of rotatable bonds is 3. The van der Waals surface area contributed by atoms with Crippen LogP contribution in [0.4, 0.5) is 0 Å². The van der Waals surface area contributed by atoms with E-state index in [0.717, 1.165) is 27.6 Å². The summed E-state index contributed by atoms with van der Waals surface area (Å²) in [6, 6.07) is 11.7. The predicted molar refractivity (Wildman–Crippen MR) is 89.6 cm³/mol. The highest BCUT2D eigenvalue weighted by atomic mass is 35.5. The molecule has 0 amide bonds. The summed E-state index contributed by atoms with van der Waals surface area (Å²) in [6.45, 7) is 0. The van der Waals surface area contributed by atoms with E-state index in [4.69, 9.17) is 11.6 Å². The Morgan fingerprint density at radius 3 is 2.91 bits per heavy atom. The third-order valence-corrected chi connectivity index (χ3v) is 3.72. The molecule has 2 aromatic carbocycles. The summed E-state index contributed by atoms with van der Waals surface area (Å²) in [5, 5.41) is 22.7. The molecule has 4 aromatic rings. The predicted octanol–water partition coefficient (Wildman–Crippen LogP) is 3.57. The van der Waals surface area contributed by atoms with Crippen LogP contribution in [0.25, 0.3) is 34.4 Å². The van der Waals surface area contributed by atoms with Crippen LogP contribution in [0.2, 0.25) is 5.02 Å². The fourth-order valence-electron chi connectivity index (χ4n) is 2.43. The minimum atomic E-state index is 0.570. The summed E-state index contributed by atoms with van der Waals surface area (Å²) >= 11 is 6.15. The maximum absolute atomic E-state index is 6.15. The number of nitrogens with zero attached hydrogens (tertiary/aromatic N) is 4. The summed E-state index contributed by atoms with van der Waals surface area (Å²) < 4.78 is 0. The molecule has 0 aliphatic carbocycles. The van der Waals surface area contributed by atoms with Gasteiger partial charge in [-0.1, -0.05) is 42.0 Å². The molecule has 0 spiro atoms. The first-order valence-corrected chi connectivity index (χ1v) is 7.32. The number of fused-ring (bicyclic) bond motifs is 1. The Morgan fingerprint density at radius 2 is 2.04 bits per heavy atom. The van der Waals surface area contributed by atoms with Crippen molar-refractivity contribution in [2.45, 2.75) is 0 Å². The molecule has 4 rings (SSSR count). The molecule has 7 heteroatoms. The monoisotopic (exact) mass is 322 g/mol. The van der Waals surface area contributed by atoms with E-state index in [1.54, 1.807) is 6.20 Å². The van der Waals surface area contributed by atoms with Gasteiger partial charge in [0.1, 0.15) is 0 Å². The van der Waals surface area contributed by atoms with Crippen LogP contribution in [-0.4, -0.2) is 30.8 Å². The number of aromatic amines is 2. The molecule has 0 aliphatic heterocycles. The molecule has 23 heavy (non-hydrogen) atoms. The molecule has 0 bridgehead atoms. The molecule has 0 saturated carbocycles. The smallest absolute Gasteiger partial charge is 0.204 e. The topological polar surface area (TPSA) is 83.1 Å². The van der Waals surface area contributed by atoms with E-state index in [1.807, 2.05) is 48.6 Å². The van der Waals surface area contributed by atoms with E-state index < -0.39 is 0 Å². The van der Waals surface area contributed by atoms with Crippen LogP contribution in [0.15, 0.2) is 42.6 Å². The number of hydrogen-bond donors (Lipinski definition) is 2. The third-order valence-electron chi connectivity index (χ3n) is 3.50. The molecule has 0 fully saturated rings. The van der Waals surface area contributed by atoms with Gasteiger partial charge >= 0.3 is 0 Å². The Bertz CT molecular complexity index is 987. The zero-order valence-electron chi connectivity index (χ0n) is 11.9.